The Hall–Kier alpha value is -2.70. The van der Waals surface area contributed by atoms with Crippen molar-refractivity contribution in [2.45, 2.75) is 38.6 Å². The van der Waals surface area contributed by atoms with Crippen LogP contribution in [0, 0.1) is 11.8 Å². The Morgan fingerprint density at radius 1 is 0.969 bits per heavy atom. The minimum atomic E-state index is -1.11. The van der Waals surface area contributed by atoms with E-state index in [9.17, 15) is 19.2 Å². The second-order valence-electron chi connectivity index (χ2n) is 8.17. The predicted octanol–water partition coefficient (Wildman–Crippen LogP) is 4.80. The number of ketones is 1. The summed E-state index contributed by atoms with van der Waals surface area (Å²) in [5.41, 5.74) is 0.427. The molecule has 1 aliphatic carbocycles. The molecule has 1 saturated heterocycles. The first-order valence-electron chi connectivity index (χ1n) is 10.6. The van der Waals surface area contributed by atoms with Gasteiger partial charge in [-0.05, 0) is 38.0 Å². The van der Waals surface area contributed by atoms with Crippen molar-refractivity contribution in [2.24, 2.45) is 11.8 Å². The highest BCUT2D eigenvalue weighted by atomic mass is 35.5. The van der Waals surface area contributed by atoms with Crippen molar-refractivity contribution < 1.29 is 19.2 Å². The van der Waals surface area contributed by atoms with E-state index in [-0.39, 0.29) is 16.4 Å². The van der Waals surface area contributed by atoms with Crippen LogP contribution in [0.15, 0.2) is 48.5 Å². The first kappa shape index (κ1) is 22.5. The zero-order chi connectivity index (χ0) is 23.0. The zero-order valence-corrected chi connectivity index (χ0v) is 19.0. The molecule has 0 radical (unpaired) electrons. The summed E-state index contributed by atoms with van der Waals surface area (Å²) >= 11 is 12.2. The molecule has 3 amide bonds. The lowest BCUT2D eigenvalue weighted by Gasteiger charge is -2.35. The number of imide groups is 1. The van der Waals surface area contributed by atoms with Gasteiger partial charge in [0, 0.05) is 10.6 Å². The fourth-order valence-electron chi connectivity index (χ4n) is 4.54. The molecule has 0 unspecified atom stereocenters. The van der Waals surface area contributed by atoms with E-state index in [0.717, 1.165) is 22.9 Å². The minimum absolute atomic E-state index is 0.0549. The van der Waals surface area contributed by atoms with Crippen LogP contribution in [0.4, 0.5) is 0 Å². The van der Waals surface area contributed by atoms with E-state index in [1.807, 2.05) is 0 Å². The summed E-state index contributed by atoms with van der Waals surface area (Å²) in [7, 11) is 0. The minimum Gasteiger partial charge on any atom is -0.292 e. The maximum Gasteiger partial charge on any atom is 0.275 e. The molecule has 2 aliphatic rings. The third-order valence-electron chi connectivity index (χ3n) is 6.21. The van der Waals surface area contributed by atoms with Gasteiger partial charge in [0.25, 0.3) is 17.7 Å². The Morgan fingerprint density at radius 2 is 1.56 bits per heavy atom. The van der Waals surface area contributed by atoms with E-state index in [1.54, 1.807) is 30.3 Å². The molecule has 2 aromatic rings. The Bertz CT molecular complexity index is 1060. The van der Waals surface area contributed by atoms with Gasteiger partial charge < -0.3 is 0 Å². The Kier molecular flexibility index (Phi) is 6.35. The first-order valence-corrected chi connectivity index (χ1v) is 11.3. The van der Waals surface area contributed by atoms with E-state index >= 15 is 0 Å². The Labute approximate surface area is 196 Å². The number of carbonyl (C=O) groups excluding carboxylic acids is 4. The van der Waals surface area contributed by atoms with E-state index in [0.29, 0.717) is 23.4 Å². The van der Waals surface area contributed by atoms with Crippen LogP contribution in [0.25, 0.3) is 0 Å². The van der Waals surface area contributed by atoms with E-state index in [1.165, 1.54) is 25.1 Å². The summed E-state index contributed by atoms with van der Waals surface area (Å²) in [6.07, 6.45) is 2.89. The van der Waals surface area contributed by atoms with Gasteiger partial charge >= 0.3 is 0 Å². The van der Waals surface area contributed by atoms with Crippen molar-refractivity contribution in [3.63, 3.8) is 0 Å². The predicted molar refractivity (Wildman–Crippen MR) is 120 cm³/mol. The smallest absolute Gasteiger partial charge is 0.275 e. The second kappa shape index (κ2) is 9.04. The molecule has 166 valence electrons. The molecule has 0 spiro atoms. The zero-order valence-electron chi connectivity index (χ0n) is 17.5. The number of hydrogen-bond donors (Lipinski definition) is 0. The molecule has 2 aromatic carbocycles. The molecule has 1 saturated carbocycles. The van der Waals surface area contributed by atoms with Gasteiger partial charge in [0.15, 0.2) is 5.78 Å². The van der Waals surface area contributed by atoms with E-state index in [4.69, 9.17) is 23.2 Å². The SMILES string of the molecule is C[C@@H](C(=O)c1ccccc1)N(C(=O)c1ccc(Cl)cc1Cl)N1C(=O)[C@H]2CCCC[C@H]2C1=O. The topological polar surface area (TPSA) is 74.8 Å². The number of benzene rings is 2. The highest BCUT2D eigenvalue weighted by Crippen LogP contribution is 2.40. The van der Waals surface area contributed by atoms with Gasteiger partial charge in [0.1, 0.15) is 6.04 Å². The average Bonchev–Trinajstić information content (AvgIpc) is 3.04. The van der Waals surface area contributed by atoms with Gasteiger partial charge in [-0.1, -0.05) is 66.4 Å². The monoisotopic (exact) mass is 472 g/mol. The van der Waals surface area contributed by atoms with Crippen LogP contribution in [0.2, 0.25) is 10.0 Å². The van der Waals surface area contributed by atoms with Gasteiger partial charge in [0.05, 0.1) is 22.4 Å². The number of halogens is 2. The summed E-state index contributed by atoms with van der Waals surface area (Å²) in [5.74, 6) is -2.91. The molecule has 8 heteroatoms. The van der Waals surface area contributed by atoms with Gasteiger partial charge in [-0.25, -0.2) is 5.01 Å². The number of hydrogen-bond acceptors (Lipinski definition) is 4. The summed E-state index contributed by atoms with van der Waals surface area (Å²) in [4.78, 5) is 53.4. The number of fused-ring (bicyclic) bond motifs is 1. The van der Waals surface area contributed by atoms with E-state index < -0.39 is 35.6 Å². The van der Waals surface area contributed by atoms with Crippen LogP contribution in [-0.2, 0) is 9.59 Å². The lowest BCUT2D eigenvalue weighted by Crippen LogP contribution is -2.56. The van der Waals surface area contributed by atoms with Crippen molar-refractivity contribution in [2.75, 3.05) is 0 Å². The molecule has 0 bridgehead atoms. The number of carbonyl (C=O) groups is 4. The van der Waals surface area contributed by atoms with Crippen LogP contribution in [0.3, 0.4) is 0 Å². The lowest BCUT2D eigenvalue weighted by molar-refractivity contribution is -0.156. The molecule has 0 N–H and O–H groups in total. The lowest BCUT2D eigenvalue weighted by atomic mass is 9.81. The highest BCUT2D eigenvalue weighted by molar-refractivity contribution is 6.36. The van der Waals surface area contributed by atoms with Crippen LogP contribution >= 0.6 is 23.2 Å². The summed E-state index contributed by atoms with van der Waals surface area (Å²) < 4.78 is 0. The third-order valence-corrected chi connectivity index (χ3v) is 6.76. The Morgan fingerprint density at radius 3 is 2.12 bits per heavy atom. The van der Waals surface area contributed by atoms with Crippen LogP contribution < -0.4 is 0 Å². The fourth-order valence-corrected chi connectivity index (χ4v) is 5.03. The van der Waals surface area contributed by atoms with Crippen molar-refractivity contribution in [1.82, 2.24) is 10.0 Å². The number of hydrazine groups is 1. The molecule has 1 heterocycles. The van der Waals surface area contributed by atoms with Crippen LogP contribution in [0.1, 0.15) is 53.3 Å². The first-order chi connectivity index (χ1) is 15.3. The maximum atomic E-state index is 13.6. The molecule has 6 nitrogen and oxygen atoms in total. The molecule has 2 fully saturated rings. The number of nitrogens with zero attached hydrogens (tertiary/aromatic N) is 2. The van der Waals surface area contributed by atoms with Crippen LogP contribution in [0.5, 0.6) is 0 Å². The Balaban J connectivity index is 1.77. The number of rotatable bonds is 5. The van der Waals surface area contributed by atoms with Crippen LogP contribution in [-0.4, -0.2) is 39.6 Å². The highest BCUT2D eigenvalue weighted by Gasteiger charge is 2.53. The van der Waals surface area contributed by atoms with Crippen molar-refractivity contribution >= 4 is 46.7 Å². The van der Waals surface area contributed by atoms with Crippen molar-refractivity contribution in [3.05, 3.63) is 69.7 Å². The quantitative estimate of drug-likeness (QED) is 0.462. The molecular weight excluding hydrogens is 451 g/mol. The largest absolute Gasteiger partial charge is 0.292 e. The summed E-state index contributed by atoms with van der Waals surface area (Å²) in [5, 5.41) is 2.28. The van der Waals surface area contributed by atoms with Crippen molar-refractivity contribution in [3.8, 4) is 0 Å². The summed E-state index contributed by atoms with van der Waals surface area (Å²) in [6, 6.07) is 11.7. The third kappa shape index (κ3) is 3.93. The molecule has 1 aliphatic heterocycles. The molecular formula is C24H22Cl2N2O4. The average molecular weight is 473 g/mol. The molecule has 3 atom stereocenters. The van der Waals surface area contributed by atoms with Gasteiger partial charge in [-0.15, -0.1) is 0 Å². The van der Waals surface area contributed by atoms with Crippen molar-refractivity contribution in [1.29, 1.82) is 0 Å². The second-order valence-corrected chi connectivity index (χ2v) is 9.01. The number of Topliss-reactive ketones (excluding diaryl/α,β-unsaturated/α-hetero) is 1. The molecule has 32 heavy (non-hydrogen) atoms. The van der Waals surface area contributed by atoms with E-state index in [2.05, 4.69) is 0 Å². The molecule has 4 rings (SSSR count). The van der Waals surface area contributed by atoms with Gasteiger partial charge in [-0.3, -0.25) is 19.2 Å². The summed E-state index contributed by atoms with van der Waals surface area (Å²) in [6.45, 7) is 1.51. The van der Waals surface area contributed by atoms with Gasteiger partial charge in [-0.2, -0.15) is 5.01 Å². The fraction of sp³-hybridized carbons (Fsp3) is 0.333. The maximum absolute atomic E-state index is 13.6. The molecule has 0 aromatic heterocycles. The standard InChI is InChI=1S/C24H22Cl2N2O4/c1-14(21(29)15-7-3-2-4-8-15)27(24(32)19-12-11-16(25)13-20(19)26)28-22(30)17-9-5-6-10-18(17)23(28)31/h2-4,7-8,11-14,17-18H,5-6,9-10H2,1H3/t14-,17-,18+/m0/s1. The van der Waals surface area contributed by atoms with Gasteiger partial charge in [0.2, 0.25) is 0 Å². The number of amides is 3. The normalized spacial score (nSPS) is 21.3.